The lowest BCUT2D eigenvalue weighted by Crippen LogP contribution is -2.43. The summed E-state index contributed by atoms with van der Waals surface area (Å²) in [6, 6.07) is 7.44. The highest BCUT2D eigenvalue weighted by Crippen LogP contribution is 2.34. The number of benzene rings is 1. The van der Waals surface area contributed by atoms with Crippen molar-refractivity contribution in [1.29, 1.82) is 0 Å². The van der Waals surface area contributed by atoms with Gasteiger partial charge in [0.15, 0.2) is 11.9 Å². The molecule has 1 aromatic rings. The number of carbonyl (C=O) groups is 1. The second-order valence-corrected chi connectivity index (χ2v) is 5.27. The van der Waals surface area contributed by atoms with Crippen LogP contribution in [0.15, 0.2) is 24.3 Å². The number of hydrogen-bond donors (Lipinski definition) is 1. The fourth-order valence-electron chi connectivity index (χ4n) is 2.51. The number of aliphatic hydroxyl groups is 1. The van der Waals surface area contributed by atoms with Gasteiger partial charge < -0.3 is 28.8 Å². The Morgan fingerprint density at radius 2 is 2.00 bits per heavy atom. The summed E-state index contributed by atoms with van der Waals surface area (Å²) in [6.07, 6.45) is -1.09. The molecule has 0 spiro atoms. The second-order valence-electron chi connectivity index (χ2n) is 5.27. The van der Waals surface area contributed by atoms with E-state index in [1.54, 1.807) is 7.11 Å². The van der Waals surface area contributed by atoms with Crippen molar-refractivity contribution >= 4 is 5.97 Å². The SMILES string of the molecule is COC(=O)[C@]1(CO)C[C@@H](OCc2ccc(OC)cc2)[C@H](OC)O1. The van der Waals surface area contributed by atoms with Crippen LogP contribution in [0, 0.1) is 0 Å². The third-order valence-corrected chi connectivity index (χ3v) is 3.84. The van der Waals surface area contributed by atoms with Crippen molar-refractivity contribution in [2.45, 2.75) is 31.0 Å². The van der Waals surface area contributed by atoms with Gasteiger partial charge in [-0.15, -0.1) is 0 Å². The molecule has 0 aromatic heterocycles. The summed E-state index contributed by atoms with van der Waals surface area (Å²) in [5, 5.41) is 9.54. The zero-order chi connectivity index (χ0) is 16.9. The van der Waals surface area contributed by atoms with Gasteiger partial charge >= 0.3 is 5.97 Å². The van der Waals surface area contributed by atoms with Crippen LogP contribution in [0.3, 0.4) is 0 Å². The number of methoxy groups -OCH3 is 3. The quantitative estimate of drug-likeness (QED) is 0.745. The number of aliphatic hydroxyl groups excluding tert-OH is 1. The van der Waals surface area contributed by atoms with Crippen molar-refractivity contribution in [2.75, 3.05) is 27.9 Å². The molecule has 1 aliphatic rings. The summed E-state index contributed by atoms with van der Waals surface area (Å²) in [5.41, 5.74) is -0.500. The zero-order valence-electron chi connectivity index (χ0n) is 13.5. The van der Waals surface area contributed by atoms with Gasteiger partial charge in [-0.1, -0.05) is 12.1 Å². The Balaban J connectivity index is 2.01. The van der Waals surface area contributed by atoms with E-state index in [-0.39, 0.29) is 6.42 Å². The topological polar surface area (TPSA) is 83.5 Å². The average Bonchev–Trinajstić information content (AvgIpc) is 2.99. The standard InChI is InChI=1S/C16H22O7/c1-19-12-6-4-11(5-7-12)9-22-13-8-16(10-17,15(18)21-3)23-14(13)20-2/h4-7,13-14,17H,8-10H2,1-3H3/t13-,14-,16-/m1/s1. The van der Waals surface area contributed by atoms with E-state index < -0.39 is 30.6 Å². The van der Waals surface area contributed by atoms with E-state index in [1.165, 1.54) is 14.2 Å². The largest absolute Gasteiger partial charge is 0.497 e. The van der Waals surface area contributed by atoms with E-state index in [0.29, 0.717) is 6.61 Å². The van der Waals surface area contributed by atoms with Gasteiger partial charge in [-0.25, -0.2) is 4.79 Å². The van der Waals surface area contributed by atoms with E-state index in [4.69, 9.17) is 23.7 Å². The van der Waals surface area contributed by atoms with E-state index in [9.17, 15) is 9.90 Å². The van der Waals surface area contributed by atoms with Crippen LogP contribution < -0.4 is 4.74 Å². The first-order chi connectivity index (χ1) is 11.1. The Labute approximate surface area is 135 Å². The molecule has 0 saturated carbocycles. The van der Waals surface area contributed by atoms with E-state index in [1.807, 2.05) is 24.3 Å². The maximum absolute atomic E-state index is 11.9. The first-order valence-electron chi connectivity index (χ1n) is 7.23. The fourth-order valence-corrected chi connectivity index (χ4v) is 2.51. The van der Waals surface area contributed by atoms with Crippen molar-refractivity contribution in [1.82, 2.24) is 0 Å². The summed E-state index contributed by atoms with van der Waals surface area (Å²) in [7, 11) is 4.31. The summed E-state index contributed by atoms with van der Waals surface area (Å²) in [6.45, 7) is -0.178. The highest BCUT2D eigenvalue weighted by Gasteiger charge is 2.53. The molecule has 1 aromatic carbocycles. The molecule has 7 heteroatoms. The van der Waals surface area contributed by atoms with Gasteiger partial charge in [-0.2, -0.15) is 0 Å². The molecule has 1 saturated heterocycles. The Hall–Kier alpha value is -1.67. The van der Waals surface area contributed by atoms with Crippen LogP contribution >= 0.6 is 0 Å². The van der Waals surface area contributed by atoms with Gasteiger partial charge in [0.05, 0.1) is 27.4 Å². The Bertz CT molecular complexity index is 516. The first kappa shape index (κ1) is 17.7. The molecule has 2 rings (SSSR count). The summed E-state index contributed by atoms with van der Waals surface area (Å²) in [5.74, 6) is 0.121. The average molecular weight is 326 g/mol. The lowest BCUT2D eigenvalue weighted by atomic mass is 10.00. The molecule has 1 fully saturated rings. The maximum Gasteiger partial charge on any atom is 0.340 e. The molecule has 7 nitrogen and oxygen atoms in total. The van der Waals surface area contributed by atoms with Gasteiger partial charge in [0.25, 0.3) is 0 Å². The minimum atomic E-state index is -1.44. The number of rotatable bonds is 7. The van der Waals surface area contributed by atoms with Crippen molar-refractivity contribution in [3.63, 3.8) is 0 Å². The minimum Gasteiger partial charge on any atom is -0.497 e. The molecule has 0 bridgehead atoms. The molecule has 1 N–H and O–H groups in total. The van der Waals surface area contributed by atoms with Crippen molar-refractivity contribution in [2.24, 2.45) is 0 Å². The lowest BCUT2D eigenvalue weighted by Gasteiger charge is -2.22. The van der Waals surface area contributed by atoms with Crippen LogP contribution in [-0.4, -0.2) is 57.0 Å². The molecule has 23 heavy (non-hydrogen) atoms. The number of carbonyl (C=O) groups excluding carboxylic acids is 1. The van der Waals surface area contributed by atoms with Crippen LogP contribution in [0.4, 0.5) is 0 Å². The zero-order valence-corrected chi connectivity index (χ0v) is 13.5. The van der Waals surface area contributed by atoms with Gasteiger partial charge in [0, 0.05) is 13.5 Å². The monoisotopic (exact) mass is 326 g/mol. The van der Waals surface area contributed by atoms with E-state index in [2.05, 4.69) is 0 Å². The molecule has 3 atom stereocenters. The molecule has 0 unspecified atom stereocenters. The Kier molecular flexibility index (Phi) is 5.95. The van der Waals surface area contributed by atoms with Crippen molar-refractivity contribution in [3.8, 4) is 5.75 Å². The molecular weight excluding hydrogens is 304 g/mol. The third kappa shape index (κ3) is 3.81. The van der Waals surface area contributed by atoms with Crippen LogP contribution in [0.5, 0.6) is 5.75 Å². The summed E-state index contributed by atoms with van der Waals surface area (Å²) >= 11 is 0. The lowest BCUT2D eigenvalue weighted by molar-refractivity contribution is -0.207. The maximum atomic E-state index is 11.9. The third-order valence-electron chi connectivity index (χ3n) is 3.84. The molecule has 128 valence electrons. The highest BCUT2D eigenvalue weighted by atomic mass is 16.7. The van der Waals surface area contributed by atoms with E-state index >= 15 is 0 Å². The normalized spacial score (nSPS) is 27.0. The highest BCUT2D eigenvalue weighted by molar-refractivity contribution is 5.80. The molecular formula is C16H22O7. The van der Waals surface area contributed by atoms with Crippen LogP contribution in [-0.2, 0) is 30.3 Å². The minimum absolute atomic E-state index is 0.158. The number of ether oxygens (including phenoxy) is 5. The van der Waals surface area contributed by atoms with Crippen LogP contribution in [0.1, 0.15) is 12.0 Å². The second kappa shape index (κ2) is 7.74. The Morgan fingerprint density at radius 1 is 1.30 bits per heavy atom. The smallest absolute Gasteiger partial charge is 0.340 e. The predicted molar refractivity (Wildman–Crippen MR) is 79.9 cm³/mol. The van der Waals surface area contributed by atoms with Crippen molar-refractivity contribution in [3.05, 3.63) is 29.8 Å². The van der Waals surface area contributed by atoms with Gasteiger partial charge in [-0.3, -0.25) is 0 Å². The van der Waals surface area contributed by atoms with Crippen LogP contribution in [0.2, 0.25) is 0 Å². The molecule has 1 heterocycles. The predicted octanol–water partition coefficient (Wildman–Crippen LogP) is 0.877. The van der Waals surface area contributed by atoms with E-state index in [0.717, 1.165) is 11.3 Å². The Morgan fingerprint density at radius 3 is 2.52 bits per heavy atom. The molecule has 0 amide bonds. The molecule has 0 aliphatic carbocycles. The van der Waals surface area contributed by atoms with Crippen molar-refractivity contribution < 1.29 is 33.6 Å². The van der Waals surface area contributed by atoms with Crippen LogP contribution in [0.25, 0.3) is 0 Å². The molecule has 0 radical (unpaired) electrons. The summed E-state index contributed by atoms with van der Waals surface area (Å²) in [4.78, 5) is 11.9. The first-order valence-corrected chi connectivity index (χ1v) is 7.23. The van der Waals surface area contributed by atoms with Gasteiger partial charge in [0.2, 0.25) is 0 Å². The van der Waals surface area contributed by atoms with Gasteiger partial charge in [0.1, 0.15) is 11.9 Å². The number of esters is 1. The number of hydrogen-bond acceptors (Lipinski definition) is 7. The summed E-state index contributed by atoms with van der Waals surface area (Å²) < 4.78 is 26.4. The van der Waals surface area contributed by atoms with Gasteiger partial charge in [-0.05, 0) is 17.7 Å². The fraction of sp³-hybridized carbons (Fsp3) is 0.562. The molecule has 1 aliphatic heterocycles.